The number of carbonyl (C=O) groups is 2. The molecule has 6 heteroatoms. The summed E-state index contributed by atoms with van der Waals surface area (Å²) >= 11 is 0. The highest BCUT2D eigenvalue weighted by molar-refractivity contribution is 6.01. The van der Waals surface area contributed by atoms with Gasteiger partial charge in [-0.25, -0.2) is 0 Å². The zero-order chi connectivity index (χ0) is 18.0. The van der Waals surface area contributed by atoms with Gasteiger partial charge in [-0.3, -0.25) is 20.4 Å². The van der Waals surface area contributed by atoms with Crippen molar-refractivity contribution in [2.24, 2.45) is 0 Å². The monoisotopic (exact) mass is 336 g/mol. The van der Waals surface area contributed by atoms with Crippen LogP contribution in [-0.4, -0.2) is 30.9 Å². The van der Waals surface area contributed by atoms with E-state index in [0.717, 1.165) is 22.2 Å². The SMILES string of the molecule is Cc1ccc2cc(C(=O)NNC(=O)c3cccc(N(C)C)c3)[nH]c2c1. The number of carbonyl (C=O) groups excluding carboxylic acids is 2. The lowest BCUT2D eigenvalue weighted by atomic mass is 10.2. The van der Waals surface area contributed by atoms with Gasteiger partial charge in [0, 0.05) is 36.2 Å². The molecule has 1 heterocycles. The predicted octanol–water partition coefficient (Wildman–Crippen LogP) is 2.62. The molecule has 0 radical (unpaired) electrons. The number of anilines is 1. The Morgan fingerprint density at radius 2 is 1.72 bits per heavy atom. The number of H-pyrrole nitrogens is 1. The largest absolute Gasteiger partial charge is 0.378 e. The minimum Gasteiger partial charge on any atom is -0.378 e. The maximum atomic E-state index is 12.2. The second-order valence-electron chi connectivity index (χ2n) is 6.13. The van der Waals surface area contributed by atoms with E-state index in [1.54, 1.807) is 24.3 Å². The maximum absolute atomic E-state index is 12.2. The molecule has 0 saturated heterocycles. The fourth-order valence-corrected chi connectivity index (χ4v) is 2.54. The second kappa shape index (κ2) is 6.68. The van der Waals surface area contributed by atoms with Crippen molar-refractivity contribution in [3.8, 4) is 0 Å². The average molecular weight is 336 g/mol. The summed E-state index contributed by atoms with van der Waals surface area (Å²) in [5.41, 5.74) is 8.64. The lowest BCUT2D eigenvalue weighted by molar-refractivity contribution is 0.0844. The normalized spacial score (nSPS) is 10.5. The van der Waals surface area contributed by atoms with E-state index in [4.69, 9.17) is 0 Å². The third kappa shape index (κ3) is 3.63. The van der Waals surface area contributed by atoms with Crippen LogP contribution in [0.3, 0.4) is 0 Å². The van der Waals surface area contributed by atoms with Crippen LogP contribution in [0.4, 0.5) is 5.69 Å². The van der Waals surface area contributed by atoms with E-state index >= 15 is 0 Å². The van der Waals surface area contributed by atoms with E-state index in [1.165, 1.54) is 0 Å². The molecule has 0 unspecified atom stereocenters. The van der Waals surface area contributed by atoms with Crippen LogP contribution in [0.2, 0.25) is 0 Å². The first kappa shape index (κ1) is 16.6. The molecule has 1 aromatic heterocycles. The average Bonchev–Trinajstić information content (AvgIpc) is 3.02. The summed E-state index contributed by atoms with van der Waals surface area (Å²) in [5, 5.41) is 0.945. The number of nitrogens with zero attached hydrogens (tertiary/aromatic N) is 1. The van der Waals surface area contributed by atoms with Gasteiger partial charge in [0.1, 0.15) is 5.69 Å². The number of hydrogen-bond donors (Lipinski definition) is 3. The van der Waals surface area contributed by atoms with E-state index in [-0.39, 0.29) is 5.91 Å². The fraction of sp³-hybridized carbons (Fsp3) is 0.158. The summed E-state index contributed by atoms with van der Waals surface area (Å²) in [5.74, 6) is -0.769. The van der Waals surface area contributed by atoms with Crippen molar-refractivity contribution in [2.45, 2.75) is 6.92 Å². The molecule has 0 aliphatic rings. The number of benzene rings is 2. The molecule has 25 heavy (non-hydrogen) atoms. The van der Waals surface area contributed by atoms with E-state index in [2.05, 4.69) is 15.8 Å². The molecule has 0 aliphatic carbocycles. The van der Waals surface area contributed by atoms with Gasteiger partial charge in [-0.15, -0.1) is 0 Å². The van der Waals surface area contributed by atoms with Crippen LogP contribution in [0.5, 0.6) is 0 Å². The minimum absolute atomic E-state index is 0.371. The first-order valence-electron chi connectivity index (χ1n) is 7.91. The van der Waals surface area contributed by atoms with Gasteiger partial charge in [0.25, 0.3) is 11.8 Å². The van der Waals surface area contributed by atoms with Crippen LogP contribution < -0.4 is 15.8 Å². The van der Waals surface area contributed by atoms with Gasteiger partial charge in [-0.2, -0.15) is 0 Å². The molecule has 128 valence electrons. The number of aryl methyl sites for hydroxylation is 1. The first-order chi connectivity index (χ1) is 11.9. The quantitative estimate of drug-likeness (QED) is 0.644. The number of aromatic amines is 1. The Morgan fingerprint density at radius 3 is 2.48 bits per heavy atom. The topological polar surface area (TPSA) is 77.2 Å². The Balaban J connectivity index is 1.68. The van der Waals surface area contributed by atoms with Gasteiger partial charge in [-0.1, -0.05) is 18.2 Å². The molecule has 3 rings (SSSR count). The standard InChI is InChI=1S/C19H20N4O2/c1-12-7-8-13-11-17(20-16(13)9-12)19(25)22-21-18(24)14-5-4-6-15(10-14)23(2)3/h4-11,20H,1-3H3,(H,21,24)(H,22,25). The molecular formula is C19H20N4O2. The molecule has 6 nitrogen and oxygen atoms in total. The molecule has 0 fully saturated rings. The molecule has 2 amide bonds. The summed E-state index contributed by atoms with van der Waals surface area (Å²) in [7, 11) is 3.80. The lowest BCUT2D eigenvalue weighted by Crippen LogP contribution is -2.41. The summed E-state index contributed by atoms with van der Waals surface area (Å²) in [6, 6.07) is 14.8. The van der Waals surface area contributed by atoms with Crippen LogP contribution in [0, 0.1) is 6.92 Å². The van der Waals surface area contributed by atoms with Crippen molar-refractivity contribution in [3.05, 3.63) is 65.4 Å². The molecule has 0 atom stereocenters. The number of fused-ring (bicyclic) bond motifs is 1. The molecule has 0 aliphatic heterocycles. The highest BCUT2D eigenvalue weighted by atomic mass is 16.2. The Bertz CT molecular complexity index is 944. The zero-order valence-corrected chi connectivity index (χ0v) is 14.4. The smallest absolute Gasteiger partial charge is 0.286 e. The Morgan fingerprint density at radius 1 is 0.960 bits per heavy atom. The molecule has 0 saturated carbocycles. The Hall–Kier alpha value is -3.28. The molecule has 0 bridgehead atoms. The van der Waals surface area contributed by atoms with Crippen LogP contribution in [0.15, 0.2) is 48.5 Å². The number of hydrogen-bond acceptors (Lipinski definition) is 3. The zero-order valence-electron chi connectivity index (χ0n) is 14.4. The van der Waals surface area contributed by atoms with Crippen LogP contribution in [0.25, 0.3) is 10.9 Å². The van der Waals surface area contributed by atoms with E-state index in [0.29, 0.717) is 11.3 Å². The fourth-order valence-electron chi connectivity index (χ4n) is 2.54. The molecule has 3 aromatic rings. The van der Waals surface area contributed by atoms with Crippen molar-refractivity contribution in [1.29, 1.82) is 0 Å². The van der Waals surface area contributed by atoms with Crippen molar-refractivity contribution in [1.82, 2.24) is 15.8 Å². The summed E-state index contributed by atoms with van der Waals surface area (Å²) < 4.78 is 0. The van der Waals surface area contributed by atoms with Gasteiger partial charge >= 0.3 is 0 Å². The van der Waals surface area contributed by atoms with Crippen LogP contribution in [-0.2, 0) is 0 Å². The molecule has 0 spiro atoms. The van der Waals surface area contributed by atoms with E-state index in [1.807, 2.05) is 50.2 Å². The van der Waals surface area contributed by atoms with E-state index in [9.17, 15) is 9.59 Å². The first-order valence-corrected chi connectivity index (χ1v) is 7.91. The number of nitrogens with one attached hydrogen (secondary N) is 3. The van der Waals surface area contributed by atoms with Gasteiger partial charge in [0.2, 0.25) is 0 Å². The maximum Gasteiger partial charge on any atom is 0.286 e. The Labute approximate surface area is 145 Å². The predicted molar refractivity (Wildman–Crippen MR) is 98.7 cm³/mol. The summed E-state index contributed by atoms with van der Waals surface area (Å²) in [6.45, 7) is 1.99. The number of rotatable bonds is 3. The number of amides is 2. The minimum atomic E-state index is -0.397. The van der Waals surface area contributed by atoms with Crippen molar-refractivity contribution in [3.63, 3.8) is 0 Å². The second-order valence-corrected chi connectivity index (χ2v) is 6.13. The lowest BCUT2D eigenvalue weighted by Gasteiger charge is -2.13. The highest BCUT2D eigenvalue weighted by Crippen LogP contribution is 2.17. The van der Waals surface area contributed by atoms with Crippen molar-refractivity contribution in [2.75, 3.05) is 19.0 Å². The van der Waals surface area contributed by atoms with Crippen LogP contribution >= 0.6 is 0 Å². The van der Waals surface area contributed by atoms with Gasteiger partial charge in [0.15, 0.2) is 0 Å². The third-order valence-corrected chi connectivity index (χ3v) is 3.94. The van der Waals surface area contributed by atoms with Gasteiger partial charge < -0.3 is 9.88 Å². The summed E-state index contributed by atoms with van der Waals surface area (Å²) in [4.78, 5) is 29.4. The van der Waals surface area contributed by atoms with Gasteiger partial charge in [-0.05, 0) is 42.8 Å². The van der Waals surface area contributed by atoms with Crippen molar-refractivity contribution >= 4 is 28.4 Å². The van der Waals surface area contributed by atoms with Crippen molar-refractivity contribution < 1.29 is 9.59 Å². The molecule has 3 N–H and O–H groups in total. The molecule has 2 aromatic carbocycles. The van der Waals surface area contributed by atoms with E-state index < -0.39 is 5.91 Å². The number of hydrazine groups is 1. The molecular weight excluding hydrogens is 316 g/mol. The van der Waals surface area contributed by atoms with Crippen LogP contribution in [0.1, 0.15) is 26.4 Å². The third-order valence-electron chi connectivity index (χ3n) is 3.94. The summed E-state index contributed by atoms with van der Waals surface area (Å²) in [6.07, 6.45) is 0. The Kier molecular flexibility index (Phi) is 4.43. The highest BCUT2D eigenvalue weighted by Gasteiger charge is 2.12. The number of aromatic nitrogens is 1. The van der Waals surface area contributed by atoms with Gasteiger partial charge in [0.05, 0.1) is 0 Å².